The van der Waals surface area contributed by atoms with Crippen LogP contribution >= 0.6 is 11.6 Å². The lowest BCUT2D eigenvalue weighted by Crippen LogP contribution is -2.42. The molecule has 0 aliphatic rings. The Kier molecular flexibility index (Phi) is 9.68. The van der Waals surface area contributed by atoms with Crippen molar-refractivity contribution >= 4 is 23.5 Å². The van der Waals surface area contributed by atoms with Crippen LogP contribution in [0.25, 0.3) is 0 Å². The van der Waals surface area contributed by atoms with Gasteiger partial charge in [0, 0.05) is 18.1 Å². The Labute approximate surface area is 206 Å². The van der Waals surface area contributed by atoms with Crippen molar-refractivity contribution in [3.63, 3.8) is 0 Å². The number of halogens is 1. The van der Waals surface area contributed by atoms with Gasteiger partial charge >= 0.3 is 11.9 Å². The molecule has 0 fully saturated rings. The first-order valence-corrected chi connectivity index (χ1v) is 11.8. The van der Waals surface area contributed by atoms with Gasteiger partial charge in [-0.05, 0) is 42.7 Å². The van der Waals surface area contributed by atoms with E-state index in [1.807, 2.05) is 72.8 Å². The molecule has 1 atom stereocenters. The van der Waals surface area contributed by atoms with Crippen LogP contribution in [0, 0.1) is 5.92 Å². The number of carbonyl (C=O) groups is 2. The van der Waals surface area contributed by atoms with Crippen LogP contribution in [-0.4, -0.2) is 30.1 Å². The van der Waals surface area contributed by atoms with Crippen molar-refractivity contribution in [2.75, 3.05) is 13.2 Å². The second-order valence-electron chi connectivity index (χ2n) is 7.85. The number of benzene rings is 3. The molecule has 0 amide bonds. The van der Waals surface area contributed by atoms with Gasteiger partial charge in [-0.15, -0.1) is 0 Å². The van der Waals surface area contributed by atoms with Gasteiger partial charge in [0.05, 0.1) is 19.3 Å². The quantitative estimate of drug-likeness (QED) is 0.256. The molecular weight excluding hydrogens is 450 g/mol. The molecule has 6 heteroatoms. The summed E-state index contributed by atoms with van der Waals surface area (Å²) in [6, 6.07) is 26.5. The normalized spacial score (nSPS) is 11.9. The number of esters is 2. The largest absolute Gasteiger partial charge is 0.465 e. The first-order valence-electron chi connectivity index (χ1n) is 11.4. The lowest BCUT2D eigenvalue weighted by atomic mass is 9.90. The molecule has 0 aromatic heterocycles. The summed E-state index contributed by atoms with van der Waals surface area (Å²) in [5.74, 6) is -2.37. The van der Waals surface area contributed by atoms with E-state index in [0.717, 1.165) is 16.7 Å². The molecule has 0 saturated heterocycles. The maximum Gasteiger partial charge on any atom is 0.322 e. The van der Waals surface area contributed by atoms with Crippen molar-refractivity contribution in [1.82, 2.24) is 4.90 Å². The molecule has 34 heavy (non-hydrogen) atoms. The molecule has 3 aromatic rings. The van der Waals surface area contributed by atoms with E-state index in [9.17, 15) is 9.59 Å². The molecule has 0 aliphatic heterocycles. The van der Waals surface area contributed by atoms with Gasteiger partial charge in [-0.1, -0.05) is 84.4 Å². The highest BCUT2D eigenvalue weighted by Gasteiger charge is 2.41. The Morgan fingerprint density at radius 3 is 1.59 bits per heavy atom. The van der Waals surface area contributed by atoms with Gasteiger partial charge in [0.1, 0.15) is 0 Å². The lowest BCUT2D eigenvalue weighted by molar-refractivity contribution is -0.166. The Bertz CT molecular complexity index is 982. The fraction of sp³-hybridized carbons (Fsp3) is 0.286. The van der Waals surface area contributed by atoms with Crippen molar-refractivity contribution in [2.24, 2.45) is 5.92 Å². The summed E-state index contributed by atoms with van der Waals surface area (Å²) >= 11 is 6.16. The number of rotatable bonds is 11. The highest BCUT2D eigenvalue weighted by Crippen LogP contribution is 2.34. The topological polar surface area (TPSA) is 55.8 Å². The van der Waals surface area contributed by atoms with E-state index in [0.29, 0.717) is 18.1 Å². The molecule has 5 nitrogen and oxygen atoms in total. The average molecular weight is 480 g/mol. The smallest absolute Gasteiger partial charge is 0.322 e. The van der Waals surface area contributed by atoms with Crippen molar-refractivity contribution in [2.45, 2.75) is 33.0 Å². The first kappa shape index (κ1) is 25.5. The zero-order valence-electron chi connectivity index (χ0n) is 19.5. The maximum absolute atomic E-state index is 13.2. The third-order valence-electron chi connectivity index (χ3n) is 5.46. The van der Waals surface area contributed by atoms with Crippen LogP contribution in [0.3, 0.4) is 0 Å². The summed E-state index contributed by atoms with van der Waals surface area (Å²) in [6.07, 6.45) is 0. The molecule has 0 radical (unpaired) electrons. The Balaban J connectivity index is 2.13. The zero-order valence-corrected chi connectivity index (χ0v) is 20.3. The third-order valence-corrected chi connectivity index (χ3v) is 5.71. The second-order valence-corrected chi connectivity index (χ2v) is 8.29. The minimum atomic E-state index is -1.16. The number of nitrogens with zero attached hydrogens (tertiary/aromatic N) is 1. The molecule has 0 N–H and O–H groups in total. The summed E-state index contributed by atoms with van der Waals surface area (Å²) in [5, 5.41) is 0.573. The highest BCUT2D eigenvalue weighted by atomic mass is 35.5. The summed E-state index contributed by atoms with van der Waals surface area (Å²) in [6.45, 7) is 4.81. The monoisotopic (exact) mass is 479 g/mol. The average Bonchev–Trinajstić information content (AvgIpc) is 2.84. The molecule has 3 rings (SSSR count). The van der Waals surface area contributed by atoms with Crippen LogP contribution in [0.15, 0.2) is 84.9 Å². The maximum atomic E-state index is 13.2. The fourth-order valence-corrected chi connectivity index (χ4v) is 4.11. The van der Waals surface area contributed by atoms with Crippen molar-refractivity contribution in [1.29, 1.82) is 0 Å². The van der Waals surface area contributed by atoms with Crippen LogP contribution in [0.2, 0.25) is 5.02 Å². The molecule has 0 bridgehead atoms. The van der Waals surface area contributed by atoms with E-state index in [-0.39, 0.29) is 13.2 Å². The van der Waals surface area contributed by atoms with Crippen molar-refractivity contribution < 1.29 is 19.1 Å². The van der Waals surface area contributed by atoms with Gasteiger partial charge in [0.25, 0.3) is 0 Å². The van der Waals surface area contributed by atoms with Crippen LogP contribution in [0.4, 0.5) is 0 Å². The van der Waals surface area contributed by atoms with Gasteiger partial charge in [-0.3, -0.25) is 14.5 Å². The molecule has 1 unspecified atom stereocenters. The van der Waals surface area contributed by atoms with Gasteiger partial charge in [-0.2, -0.15) is 0 Å². The first-order chi connectivity index (χ1) is 16.5. The fourth-order valence-electron chi connectivity index (χ4n) is 3.98. The van der Waals surface area contributed by atoms with Gasteiger partial charge in [0.2, 0.25) is 0 Å². The van der Waals surface area contributed by atoms with Crippen LogP contribution in [0.1, 0.15) is 36.6 Å². The molecule has 178 valence electrons. The van der Waals surface area contributed by atoms with Crippen LogP contribution in [-0.2, 0) is 32.2 Å². The van der Waals surface area contributed by atoms with Crippen molar-refractivity contribution in [3.8, 4) is 0 Å². The number of hydrogen-bond acceptors (Lipinski definition) is 5. The van der Waals surface area contributed by atoms with Gasteiger partial charge < -0.3 is 9.47 Å². The summed E-state index contributed by atoms with van der Waals surface area (Å²) in [7, 11) is 0. The Hall–Kier alpha value is -3.15. The Morgan fingerprint density at radius 1 is 0.735 bits per heavy atom. The summed E-state index contributed by atoms with van der Waals surface area (Å²) in [5.41, 5.74) is 2.90. The Morgan fingerprint density at radius 2 is 1.18 bits per heavy atom. The van der Waals surface area contributed by atoms with E-state index in [4.69, 9.17) is 21.1 Å². The minimum Gasteiger partial charge on any atom is -0.465 e. The predicted molar refractivity (Wildman–Crippen MR) is 133 cm³/mol. The highest BCUT2D eigenvalue weighted by molar-refractivity contribution is 6.30. The molecule has 0 aliphatic carbocycles. The lowest BCUT2D eigenvalue weighted by Gasteiger charge is -2.35. The van der Waals surface area contributed by atoms with E-state index in [1.54, 1.807) is 26.0 Å². The standard InChI is InChI=1S/C28H30ClNO4/c1-3-33-27(31)25(28(32)34-4-2)26(23-15-17-24(29)18-16-23)30(19-21-11-7-5-8-12-21)20-22-13-9-6-10-14-22/h5-18,25-26H,3-4,19-20H2,1-2H3. The third kappa shape index (κ3) is 6.92. The van der Waals surface area contributed by atoms with E-state index >= 15 is 0 Å². The molecule has 0 heterocycles. The van der Waals surface area contributed by atoms with Crippen LogP contribution < -0.4 is 0 Å². The SMILES string of the molecule is CCOC(=O)C(C(=O)OCC)C(c1ccc(Cl)cc1)N(Cc1ccccc1)Cc1ccccc1. The molecule has 0 saturated carbocycles. The molecule has 0 spiro atoms. The van der Waals surface area contributed by atoms with E-state index < -0.39 is 23.9 Å². The van der Waals surface area contributed by atoms with Crippen LogP contribution in [0.5, 0.6) is 0 Å². The van der Waals surface area contributed by atoms with Gasteiger partial charge in [-0.25, -0.2) is 0 Å². The summed E-state index contributed by atoms with van der Waals surface area (Å²) in [4.78, 5) is 28.5. The van der Waals surface area contributed by atoms with E-state index in [2.05, 4.69) is 4.90 Å². The zero-order chi connectivity index (χ0) is 24.3. The number of carbonyl (C=O) groups excluding carboxylic acids is 2. The number of ether oxygens (including phenoxy) is 2. The van der Waals surface area contributed by atoms with E-state index in [1.165, 1.54) is 0 Å². The minimum absolute atomic E-state index is 0.166. The van der Waals surface area contributed by atoms with Crippen molar-refractivity contribution in [3.05, 3.63) is 107 Å². The van der Waals surface area contributed by atoms with Gasteiger partial charge in [0.15, 0.2) is 5.92 Å². The second kappa shape index (κ2) is 12.9. The predicted octanol–water partition coefficient (Wildman–Crippen LogP) is 5.83. The summed E-state index contributed by atoms with van der Waals surface area (Å²) < 4.78 is 10.7. The molecule has 3 aromatic carbocycles. The molecular formula is C28H30ClNO4. The number of hydrogen-bond donors (Lipinski definition) is 0.